The Labute approximate surface area is 75.4 Å². The fraction of sp³-hybridized carbons (Fsp3) is 0.222. The summed E-state index contributed by atoms with van der Waals surface area (Å²) in [6.07, 6.45) is 0. The van der Waals surface area contributed by atoms with E-state index in [1.807, 2.05) is 0 Å². The van der Waals surface area contributed by atoms with Gasteiger partial charge in [0.15, 0.2) is 0 Å². The van der Waals surface area contributed by atoms with Crippen LogP contribution in [0.25, 0.3) is 0 Å². The van der Waals surface area contributed by atoms with Gasteiger partial charge in [-0.1, -0.05) is 0 Å². The average Bonchev–Trinajstić information content (AvgIpc) is 2.03. The van der Waals surface area contributed by atoms with E-state index in [1.165, 1.54) is 12.1 Å². The summed E-state index contributed by atoms with van der Waals surface area (Å²) in [6, 6.07) is 3.59. The van der Waals surface area contributed by atoms with E-state index in [0.717, 1.165) is 6.07 Å². The molecule has 3 nitrogen and oxygen atoms in total. The van der Waals surface area contributed by atoms with Crippen LogP contribution in [0.15, 0.2) is 18.2 Å². The van der Waals surface area contributed by atoms with E-state index in [-0.39, 0.29) is 5.56 Å². The number of hydrogen-bond acceptors (Lipinski definition) is 2. The van der Waals surface area contributed by atoms with E-state index in [4.69, 9.17) is 5.11 Å². The van der Waals surface area contributed by atoms with Gasteiger partial charge in [0, 0.05) is 14.1 Å². The zero-order valence-electron chi connectivity index (χ0n) is 7.41. The molecule has 0 spiro atoms. The van der Waals surface area contributed by atoms with Crippen molar-refractivity contribution in [3.8, 4) is 0 Å². The van der Waals surface area contributed by atoms with Crippen LogP contribution in [-0.2, 0) is 0 Å². The molecular weight excluding hydrogens is 173 g/mol. The molecule has 0 saturated heterocycles. The number of benzene rings is 1. The molecule has 4 heteroatoms. The van der Waals surface area contributed by atoms with Crippen molar-refractivity contribution in [2.24, 2.45) is 0 Å². The first-order valence-corrected chi connectivity index (χ1v) is 3.72. The van der Waals surface area contributed by atoms with Gasteiger partial charge in [0.1, 0.15) is 5.82 Å². The molecular formula is C9H10FNO2. The first-order valence-electron chi connectivity index (χ1n) is 3.72. The molecule has 1 aromatic carbocycles. The molecule has 1 rings (SSSR count). The van der Waals surface area contributed by atoms with Gasteiger partial charge in [-0.2, -0.15) is 0 Å². The van der Waals surface area contributed by atoms with Crippen LogP contribution >= 0.6 is 0 Å². The maximum Gasteiger partial charge on any atom is 0.337 e. The molecule has 1 N–H and O–H groups in total. The minimum absolute atomic E-state index is 0.103. The molecule has 1 aromatic rings. The van der Waals surface area contributed by atoms with Gasteiger partial charge in [-0.3, -0.25) is 0 Å². The molecule has 0 aliphatic rings. The average molecular weight is 183 g/mol. The quantitative estimate of drug-likeness (QED) is 0.756. The monoisotopic (exact) mass is 183 g/mol. The number of nitrogens with zero attached hydrogens (tertiary/aromatic N) is 1. The number of carboxylic acid groups (broad SMARTS) is 1. The summed E-state index contributed by atoms with van der Waals surface area (Å²) in [5.41, 5.74) is 0.471. The zero-order valence-corrected chi connectivity index (χ0v) is 7.41. The summed E-state index contributed by atoms with van der Waals surface area (Å²) < 4.78 is 12.8. The minimum Gasteiger partial charge on any atom is -0.478 e. The molecule has 0 aliphatic carbocycles. The van der Waals surface area contributed by atoms with Crippen LogP contribution in [0.5, 0.6) is 0 Å². The van der Waals surface area contributed by atoms with Crippen LogP contribution in [0.1, 0.15) is 10.4 Å². The van der Waals surface area contributed by atoms with Gasteiger partial charge in [0.2, 0.25) is 0 Å². The number of carboxylic acids is 1. The Morgan fingerprint density at radius 1 is 1.46 bits per heavy atom. The lowest BCUT2D eigenvalue weighted by molar-refractivity contribution is 0.0697. The Bertz CT molecular complexity index is 336. The van der Waals surface area contributed by atoms with Gasteiger partial charge in [-0.05, 0) is 18.2 Å². The summed E-state index contributed by atoms with van der Waals surface area (Å²) in [4.78, 5) is 12.3. The van der Waals surface area contributed by atoms with Crippen LogP contribution in [-0.4, -0.2) is 25.2 Å². The molecule has 0 unspecified atom stereocenters. The number of halogens is 1. The molecule has 0 fully saturated rings. The summed E-state index contributed by atoms with van der Waals surface area (Å²) in [6.45, 7) is 0. The largest absolute Gasteiger partial charge is 0.478 e. The van der Waals surface area contributed by atoms with Gasteiger partial charge < -0.3 is 10.0 Å². The fourth-order valence-electron chi connectivity index (χ4n) is 1.06. The molecule has 0 bridgehead atoms. The number of anilines is 1. The molecule has 13 heavy (non-hydrogen) atoms. The second kappa shape index (κ2) is 3.43. The van der Waals surface area contributed by atoms with Crippen molar-refractivity contribution in [3.63, 3.8) is 0 Å². The Balaban J connectivity index is 3.26. The Morgan fingerprint density at radius 2 is 2.08 bits per heavy atom. The predicted octanol–water partition coefficient (Wildman–Crippen LogP) is 1.59. The molecule has 70 valence electrons. The molecule has 0 aliphatic heterocycles. The molecule has 0 heterocycles. The van der Waals surface area contributed by atoms with Crippen molar-refractivity contribution >= 4 is 11.7 Å². The van der Waals surface area contributed by atoms with Crippen LogP contribution in [0.4, 0.5) is 10.1 Å². The molecule has 0 saturated carbocycles. The highest BCUT2D eigenvalue weighted by Gasteiger charge is 2.11. The van der Waals surface area contributed by atoms with Crippen molar-refractivity contribution < 1.29 is 14.3 Å². The van der Waals surface area contributed by atoms with E-state index >= 15 is 0 Å². The van der Waals surface area contributed by atoms with Crippen molar-refractivity contribution in [2.75, 3.05) is 19.0 Å². The number of aromatic carboxylic acids is 1. The number of rotatable bonds is 2. The summed E-state index contributed by atoms with van der Waals surface area (Å²) in [5, 5.41) is 8.76. The maximum atomic E-state index is 12.8. The second-order valence-electron chi connectivity index (χ2n) is 2.86. The third kappa shape index (κ3) is 1.96. The van der Waals surface area contributed by atoms with Crippen LogP contribution in [0, 0.1) is 5.82 Å². The van der Waals surface area contributed by atoms with Gasteiger partial charge in [-0.15, -0.1) is 0 Å². The van der Waals surface area contributed by atoms with Gasteiger partial charge >= 0.3 is 5.97 Å². The minimum atomic E-state index is -1.05. The lowest BCUT2D eigenvalue weighted by atomic mass is 10.1. The lowest BCUT2D eigenvalue weighted by Crippen LogP contribution is -2.14. The van der Waals surface area contributed by atoms with Gasteiger partial charge in [0.05, 0.1) is 11.3 Å². The van der Waals surface area contributed by atoms with Crippen LogP contribution < -0.4 is 4.90 Å². The predicted molar refractivity (Wildman–Crippen MR) is 47.7 cm³/mol. The van der Waals surface area contributed by atoms with Gasteiger partial charge in [0.25, 0.3) is 0 Å². The topological polar surface area (TPSA) is 40.5 Å². The van der Waals surface area contributed by atoms with E-state index in [0.29, 0.717) is 5.69 Å². The molecule has 0 atom stereocenters. The third-order valence-corrected chi connectivity index (χ3v) is 1.67. The number of carbonyl (C=O) groups is 1. The summed E-state index contributed by atoms with van der Waals surface area (Å²) >= 11 is 0. The highest BCUT2D eigenvalue weighted by molar-refractivity contribution is 5.94. The highest BCUT2D eigenvalue weighted by Crippen LogP contribution is 2.19. The molecule has 0 amide bonds. The first-order chi connectivity index (χ1) is 6.02. The van der Waals surface area contributed by atoms with Crippen molar-refractivity contribution in [1.29, 1.82) is 0 Å². The van der Waals surface area contributed by atoms with Crippen molar-refractivity contribution in [2.45, 2.75) is 0 Å². The number of hydrogen-bond donors (Lipinski definition) is 1. The normalized spacial score (nSPS) is 9.77. The van der Waals surface area contributed by atoms with E-state index in [2.05, 4.69) is 0 Å². The Hall–Kier alpha value is -1.58. The fourth-order valence-corrected chi connectivity index (χ4v) is 1.06. The van der Waals surface area contributed by atoms with Crippen LogP contribution in [0.3, 0.4) is 0 Å². The summed E-state index contributed by atoms with van der Waals surface area (Å²) in [7, 11) is 3.34. The lowest BCUT2D eigenvalue weighted by Gasteiger charge is -2.14. The van der Waals surface area contributed by atoms with Crippen LogP contribution in [0.2, 0.25) is 0 Å². The van der Waals surface area contributed by atoms with E-state index < -0.39 is 11.8 Å². The standard InChI is InChI=1S/C9H10FNO2/c1-11(2)8-5-6(10)3-4-7(8)9(12)13/h3-5H,1-2H3,(H,12,13). The highest BCUT2D eigenvalue weighted by atomic mass is 19.1. The molecule has 0 aromatic heterocycles. The van der Waals surface area contributed by atoms with Crippen molar-refractivity contribution in [3.05, 3.63) is 29.6 Å². The Morgan fingerprint density at radius 3 is 2.54 bits per heavy atom. The zero-order chi connectivity index (χ0) is 10.0. The van der Waals surface area contributed by atoms with Gasteiger partial charge in [-0.25, -0.2) is 9.18 Å². The summed E-state index contributed by atoms with van der Waals surface area (Å²) in [5.74, 6) is -1.49. The SMILES string of the molecule is CN(C)c1cc(F)ccc1C(=O)O. The molecule has 0 radical (unpaired) electrons. The van der Waals surface area contributed by atoms with Crippen molar-refractivity contribution in [1.82, 2.24) is 0 Å². The van der Waals surface area contributed by atoms with E-state index in [9.17, 15) is 9.18 Å². The second-order valence-corrected chi connectivity index (χ2v) is 2.86. The Kier molecular flexibility index (Phi) is 2.51. The first kappa shape index (κ1) is 9.51. The van der Waals surface area contributed by atoms with E-state index in [1.54, 1.807) is 19.0 Å². The maximum absolute atomic E-state index is 12.8. The third-order valence-electron chi connectivity index (χ3n) is 1.67. The smallest absolute Gasteiger partial charge is 0.337 e.